The van der Waals surface area contributed by atoms with Gasteiger partial charge in [-0.2, -0.15) is 13.2 Å². The zero-order chi connectivity index (χ0) is 16.6. The monoisotopic (exact) mass is 325 g/mol. The largest absolute Gasteiger partial charge is 0.416 e. The van der Waals surface area contributed by atoms with E-state index >= 15 is 0 Å². The summed E-state index contributed by atoms with van der Waals surface area (Å²) in [4.78, 5) is 14.6. The lowest BCUT2D eigenvalue weighted by atomic mass is 9.96. The van der Waals surface area contributed by atoms with E-state index in [1.807, 2.05) is 11.8 Å². The van der Waals surface area contributed by atoms with Crippen molar-refractivity contribution in [2.75, 3.05) is 6.54 Å². The molecule has 23 heavy (non-hydrogen) atoms. The van der Waals surface area contributed by atoms with Gasteiger partial charge in [-0.25, -0.2) is 0 Å². The molecule has 1 aromatic carbocycles. The van der Waals surface area contributed by atoms with Gasteiger partial charge in [0.2, 0.25) is 5.91 Å². The molecule has 2 saturated carbocycles. The van der Waals surface area contributed by atoms with Crippen LogP contribution in [0.15, 0.2) is 24.3 Å². The molecule has 1 unspecified atom stereocenters. The Balaban J connectivity index is 1.60. The number of nitrogens with zero attached hydrogens (tertiary/aromatic N) is 1. The fraction of sp³-hybridized carbons (Fsp3) is 0.611. The van der Waals surface area contributed by atoms with Crippen LogP contribution in [-0.4, -0.2) is 23.4 Å². The van der Waals surface area contributed by atoms with Gasteiger partial charge in [0.1, 0.15) is 0 Å². The molecule has 2 fully saturated rings. The summed E-state index contributed by atoms with van der Waals surface area (Å²) in [7, 11) is 0. The molecular weight excluding hydrogens is 303 g/mol. The number of carbonyl (C=O) groups is 1. The molecule has 0 aromatic heterocycles. The Bertz CT molecular complexity index is 559. The third-order valence-electron chi connectivity index (χ3n) is 4.75. The van der Waals surface area contributed by atoms with Crippen LogP contribution in [0.25, 0.3) is 0 Å². The zero-order valence-corrected chi connectivity index (χ0v) is 13.3. The first-order valence-electron chi connectivity index (χ1n) is 8.31. The predicted octanol–water partition coefficient (Wildman–Crippen LogP) is 4.60. The minimum absolute atomic E-state index is 0.0646. The normalized spacial score (nSPS) is 19.5. The summed E-state index contributed by atoms with van der Waals surface area (Å²) < 4.78 is 37.8. The summed E-state index contributed by atoms with van der Waals surface area (Å²) >= 11 is 0. The first-order chi connectivity index (χ1) is 10.8. The summed E-state index contributed by atoms with van der Waals surface area (Å²) in [6.07, 6.45) is 0.662. The van der Waals surface area contributed by atoms with Gasteiger partial charge in [-0.1, -0.05) is 19.1 Å². The number of carbonyl (C=O) groups excluding carboxylic acids is 1. The molecule has 0 radical (unpaired) electrons. The van der Waals surface area contributed by atoms with Crippen molar-refractivity contribution in [1.82, 2.24) is 4.90 Å². The highest BCUT2D eigenvalue weighted by molar-refractivity contribution is 5.77. The van der Waals surface area contributed by atoms with Crippen molar-refractivity contribution < 1.29 is 18.0 Å². The van der Waals surface area contributed by atoms with Crippen LogP contribution in [0.1, 0.15) is 56.1 Å². The molecule has 0 bridgehead atoms. The Morgan fingerprint density at radius 3 is 2.26 bits per heavy atom. The van der Waals surface area contributed by atoms with Crippen LogP contribution in [0.4, 0.5) is 13.2 Å². The first kappa shape index (κ1) is 16.3. The summed E-state index contributed by atoms with van der Waals surface area (Å²) in [5.41, 5.74) is 0.140. The minimum atomic E-state index is -4.31. The van der Waals surface area contributed by atoms with Crippen LogP contribution in [0.2, 0.25) is 0 Å². The number of hydrogen-bond acceptors (Lipinski definition) is 1. The number of halogens is 3. The molecule has 2 aliphatic rings. The minimum Gasteiger partial charge on any atom is -0.339 e. The summed E-state index contributed by atoms with van der Waals surface area (Å²) in [5.74, 6) is 0.748. The van der Waals surface area contributed by atoms with Gasteiger partial charge >= 0.3 is 6.18 Å². The molecule has 1 atom stereocenters. The lowest BCUT2D eigenvalue weighted by molar-refractivity contribution is -0.137. The highest BCUT2D eigenvalue weighted by Gasteiger charge is 2.36. The SMILES string of the molecule is CC(CC(=O)N(CC1CC1)C1CC1)c1ccc(C(F)(F)F)cc1. The number of rotatable bonds is 6. The smallest absolute Gasteiger partial charge is 0.339 e. The molecule has 0 heterocycles. The van der Waals surface area contributed by atoms with Crippen molar-refractivity contribution in [2.45, 2.75) is 57.2 Å². The van der Waals surface area contributed by atoms with Crippen molar-refractivity contribution >= 4 is 5.91 Å². The molecule has 0 aliphatic heterocycles. The Kier molecular flexibility index (Phi) is 4.39. The van der Waals surface area contributed by atoms with Gasteiger partial charge in [0, 0.05) is 19.0 Å². The second-order valence-corrected chi connectivity index (χ2v) is 6.95. The molecule has 2 aliphatic carbocycles. The second-order valence-electron chi connectivity index (χ2n) is 6.95. The Morgan fingerprint density at radius 1 is 1.17 bits per heavy atom. The van der Waals surface area contributed by atoms with E-state index in [9.17, 15) is 18.0 Å². The maximum atomic E-state index is 12.6. The van der Waals surface area contributed by atoms with E-state index in [2.05, 4.69) is 0 Å². The summed E-state index contributed by atoms with van der Waals surface area (Å²) in [6.45, 7) is 2.77. The van der Waals surface area contributed by atoms with E-state index in [1.54, 1.807) is 0 Å². The number of hydrogen-bond donors (Lipinski definition) is 0. The van der Waals surface area contributed by atoms with Gasteiger partial charge < -0.3 is 4.90 Å². The van der Waals surface area contributed by atoms with Gasteiger partial charge in [-0.15, -0.1) is 0 Å². The van der Waals surface area contributed by atoms with E-state index in [4.69, 9.17) is 0 Å². The van der Waals surface area contributed by atoms with Crippen LogP contribution in [-0.2, 0) is 11.0 Å². The van der Waals surface area contributed by atoms with Crippen LogP contribution >= 0.6 is 0 Å². The lowest BCUT2D eigenvalue weighted by Crippen LogP contribution is -2.35. The molecule has 2 nitrogen and oxygen atoms in total. The van der Waals surface area contributed by atoms with Crippen LogP contribution < -0.4 is 0 Å². The molecule has 1 aromatic rings. The van der Waals surface area contributed by atoms with Gasteiger partial charge in [-0.3, -0.25) is 4.79 Å². The topological polar surface area (TPSA) is 20.3 Å². The van der Waals surface area contributed by atoms with Crippen molar-refractivity contribution in [3.8, 4) is 0 Å². The van der Waals surface area contributed by atoms with Crippen molar-refractivity contribution in [3.05, 3.63) is 35.4 Å². The average Bonchev–Trinajstić information content (AvgIpc) is 3.36. The number of amides is 1. The highest BCUT2D eigenvalue weighted by Crippen LogP contribution is 2.36. The average molecular weight is 325 g/mol. The molecule has 1 amide bonds. The molecule has 0 spiro atoms. The van der Waals surface area contributed by atoms with E-state index in [-0.39, 0.29) is 11.8 Å². The maximum Gasteiger partial charge on any atom is 0.416 e. The Hall–Kier alpha value is -1.52. The molecule has 3 rings (SSSR count). The number of alkyl halides is 3. The van der Waals surface area contributed by atoms with Crippen LogP contribution in [0.5, 0.6) is 0 Å². The lowest BCUT2D eigenvalue weighted by Gasteiger charge is -2.24. The standard InChI is InChI=1S/C18H22F3NO/c1-12(14-4-6-15(7-5-14)18(19,20)21)10-17(23)22(16-8-9-16)11-13-2-3-13/h4-7,12-13,16H,2-3,8-11H2,1H3. The molecule has 0 saturated heterocycles. The summed E-state index contributed by atoms with van der Waals surface area (Å²) in [6, 6.07) is 5.58. The van der Waals surface area contributed by atoms with Gasteiger partial charge in [0.15, 0.2) is 0 Å². The second kappa shape index (κ2) is 6.17. The van der Waals surface area contributed by atoms with Crippen LogP contribution in [0, 0.1) is 5.92 Å². The third kappa shape index (κ3) is 4.27. The predicted molar refractivity (Wildman–Crippen MR) is 81.9 cm³/mol. The van der Waals surface area contributed by atoms with Crippen molar-refractivity contribution in [2.24, 2.45) is 5.92 Å². The van der Waals surface area contributed by atoms with E-state index < -0.39 is 11.7 Å². The number of benzene rings is 1. The Labute approximate surface area is 134 Å². The molecular formula is C18H22F3NO. The molecule has 5 heteroatoms. The van der Waals surface area contributed by atoms with Gasteiger partial charge in [0.25, 0.3) is 0 Å². The fourth-order valence-electron chi connectivity index (χ4n) is 2.92. The van der Waals surface area contributed by atoms with E-state index in [0.717, 1.165) is 37.1 Å². The van der Waals surface area contributed by atoms with Crippen molar-refractivity contribution in [3.63, 3.8) is 0 Å². The zero-order valence-electron chi connectivity index (χ0n) is 13.3. The third-order valence-corrected chi connectivity index (χ3v) is 4.75. The first-order valence-corrected chi connectivity index (χ1v) is 8.31. The van der Waals surface area contributed by atoms with E-state index in [0.29, 0.717) is 18.4 Å². The van der Waals surface area contributed by atoms with Crippen molar-refractivity contribution in [1.29, 1.82) is 0 Å². The Morgan fingerprint density at radius 2 is 1.78 bits per heavy atom. The van der Waals surface area contributed by atoms with E-state index in [1.165, 1.54) is 25.0 Å². The highest BCUT2D eigenvalue weighted by atomic mass is 19.4. The quantitative estimate of drug-likeness (QED) is 0.748. The summed E-state index contributed by atoms with van der Waals surface area (Å²) in [5, 5.41) is 0. The van der Waals surface area contributed by atoms with Crippen LogP contribution in [0.3, 0.4) is 0 Å². The van der Waals surface area contributed by atoms with Gasteiger partial charge in [-0.05, 0) is 55.2 Å². The fourth-order valence-corrected chi connectivity index (χ4v) is 2.92. The van der Waals surface area contributed by atoms with Gasteiger partial charge in [0.05, 0.1) is 5.56 Å². The molecule has 0 N–H and O–H groups in total. The molecule has 126 valence electrons. The maximum absolute atomic E-state index is 12.6.